The van der Waals surface area contributed by atoms with Crippen molar-refractivity contribution in [3.63, 3.8) is 0 Å². The van der Waals surface area contributed by atoms with Crippen LogP contribution in [0.25, 0.3) is 0 Å². The highest BCUT2D eigenvalue weighted by molar-refractivity contribution is 5.28. The van der Waals surface area contributed by atoms with Gasteiger partial charge in [0.15, 0.2) is 16.8 Å². The van der Waals surface area contributed by atoms with Gasteiger partial charge in [-0.2, -0.15) is 0 Å². The lowest BCUT2D eigenvalue weighted by Gasteiger charge is -2.03. The summed E-state index contributed by atoms with van der Waals surface area (Å²) in [4.78, 5) is 0.0429. The van der Waals surface area contributed by atoms with Crippen LogP contribution in [0.5, 0.6) is 5.75 Å². The average Bonchev–Trinajstić information content (AvgIpc) is 2.18. The van der Waals surface area contributed by atoms with Crippen molar-refractivity contribution in [1.82, 2.24) is 0 Å². The van der Waals surface area contributed by atoms with Gasteiger partial charge in [-0.1, -0.05) is 4.86 Å². The molecule has 0 aliphatic heterocycles. The molecule has 0 saturated heterocycles. The molecule has 1 aromatic rings. The van der Waals surface area contributed by atoms with Crippen LogP contribution in [0, 0.1) is 11.0 Å². The van der Waals surface area contributed by atoms with Crippen molar-refractivity contribution in [2.24, 2.45) is 5.28 Å². The Kier molecular flexibility index (Phi) is 3.22. The third-order valence-electron chi connectivity index (χ3n) is 1.63. The summed E-state index contributed by atoms with van der Waals surface area (Å²) in [5, 5.41) is 21.1. The molecule has 1 aromatic carbocycles. The maximum atomic E-state index is 13.1. The van der Waals surface area contributed by atoms with E-state index in [1.807, 2.05) is 0 Å². The first kappa shape index (κ1) is 10.2. The van der Waals surface area contributed by atoms with E-state index in [1.165, 1.54) is 19.2 Å². The average molecular weight is 200 g/mol. The molecule has 0 saturated carbocycles. The Bertz CT molecular complexity index is 354. The van der Waals surface area contributed by atoms with Crippen LogP contribution < -0.4 is 4.74 Å². The number of methoxy groups -OCH3 is 1. The van der Waals surface area contributed by atoms with Crippen LogP contribution in [0.15, 0.2) is 23.5 Å². The molecule has 1 rings (SSSR count). The summed E-state index contributed by atoms with van der Waals surface area (Å²) in [5.41, 5.74) is 0.399. The van der Waals surface area contributed by atoms with E-state index in [0.29, 0.717) is 5.56 Å². The molecule has 0 fully saturated rings. The SMILES string of the molecule is COc1ccc(C/[N+]([O-])=N/O)cc1F. The predicted octanol–water partition coefficient (Wildman–Crippen LogP) is 1.69. The van der Waals surface area contributed by atoms with E-state index in [0.717, 1.165) is 6.07 Å². The number of benzene rings is 1. The van der Waals surface area contributed by atoms with E-state index in [1.54, 1.807) is 0 Å². The number of hydrogen-bond acceptors (Lipinski definition) is 3. The molecule has 0 aliphatic carbocycles. The van der Waals surface area contributed by atoms with E-state index >= 15 is 0 Å². The van der Waals surface area contributed by atoms with Gasteiger partial charge in [0.1, 0.15) is 0 Å². The second kappa shape index (κ2) is 4.40. The van der Waals surface area contributed by atoms with Crippen LogP contribution in [-0.2, 0) is 6.54 Å². The molecule has 5 nitrogen and oxygen atoms in total. The first-order valence-corrected chi connectivity index (χ1v) is 3.79. The number of hydroxylamine groups is 1. The van der Waals surface area contributed by atoms with E-state index in [4.69, 9.17) is 9.94 Å². The molecule has 1 N–H and O–H groups in total. The molecule has 0 radical (unpaired) electrons. The highest BCUT2D eigenvalue weighted by Crippen LogP contribution is 2.17. The second-order valence-corrected chi connectivity index (χ2v) is 2.57. The van der Waals surface area contributed by atoms with Crippen LogP contribution in [0.2, 0.25) is 0 Å². The summed E-state index contributed by atoms with van der Waals surface area (Å²) in [6, 6.07) is 4.06. The lowest BCUT2D eigenvalue weighted by molar-refractivity contribution is -0.570. The highest BCUT2D eigenvalue weighted by Gasteiger charge is 2.06. The Morgan fingerprint density at radius 1 is 1.64 bits per heavy atom. The maximum absolute atomic E-state index is 13.1. The summed E-state index contributed by atoms with van der Waals surface area (Å²) in [7, 11) is 1.35. The molecular weight excluding hydrogens is 191 g/mol. The summed E-state index contributed by atoms with van der Waals surface area (Å²) < 4.78 is 17.8. The normalized spacial score (nSPS) is 11.4. The number of nitrogens with zero attached hydrogens (tertiary/aromatic N) is 2. The largest absolute Gasteiger partial charge is 0.597 e. The minimum atomic E-state index is -0.559. The monoisotopic (exact) mass is 200 g/mol. The Balaban J connectivity index is 2.86. The molecule has 14 heavy (non-hydrogen) atoms. The van der Waals surface area contributed by atoms with Gasteiger partial charge in [-0.05, 0) is 18.2 Å². The molecule has 0 spiro atoms. The minimum Gasteiger partial charge on any atom is -0.597 e. The van der Waals surface area contributed by atoms with Crippen molar-refractivity contribution in [2.45, 2.75) is 6.54 Å². The van der Waals surface area contributed by atoms with Crippen LogP contribution >= 0.6 is 0 Å². The maximum Gasteiger partial charge on any atom is 0.209 e. The zero-order chi connectivity index (χ0) is 10.6. The lowest BCUT2D eigenvalue weighted by Crippen LogP contribution is -2.01. The molecule has 0 unspecified atom stereocenters. The van der Waals surface area contributed by atoms with Crippen molar-refractivity contribution >= 4 is 0 Å². The fraction of sp³-hybridized carbons (Fsp3) is 0.250. The fourth-order valence-electron chi connectivity index (χ4n) is 0.996. The second-order valence-electron chi connectivity index (χ2n) is 2.57. The fourth-order valence-corrected chi connectivity index (χ4v) is 0.996. The van der Waals surface area contributed by atoms with Gasteiger partial charge in [0, 0.05) is 5.56 Å². The van der Waals surface area contributed by atoms with Crippen molar-refractivity contribution < 1.29 is 19.2 Å². The third-order valence-corrected chi connectivity index (χ3v) is 1.63. The summed E-state index contributed by atoms with van der Waals surface area (Å²) in [6.07, 6.45) is 0. The zero-order valence-electron chi connectivity index (χ0n) is 7.48. The topological polar surface area (TPSA) is 67.9 Å². The van der Waals surface area contributed by atoms with Crippen molar-refractivity contribution in [2.75, 3.05) is 7.11 Å². The Morgan fingerprint density at radius 3 is 2.86 bits per heavy atom. The van der Waals surface area contributed by atoms with E-state index in [9.17, 15) is 9.60 Å². The first-order chi connectivity index (χ1) is 6.67. The van der Waals surface area contributed by atoms with Gasteiger partial charge in [-0.3, -0.25) is 0 Å². The Hall–Kier alpha value is -1.85. The number of ether oxygens (including phenoxy) is 1. The molecule has 0 amide bonds. The minimum absolute atomic E-state index is 0.0429. The standard InChI is InChI=1S/C8H9FN2O3/c1-14-8-3-2-6(4-7(8)9)5-11(13)10-12/h2-4,12H,5H2,1H3/b11-10-. The van der Waals surface area contributed by atoms with E-state index < -0.39 is 5.82 Å². The van der Waals surface area contributed by atoms with Gasteiger partial charge in [0.2, 0.25) is 6.54 Å². The number of hydrogen-bond donors (Lipinski definition) is 1. The van der Waals surface area contributed by atoms with Gasteiger partial charge in [-0.15, -0.1) is 0 Å². The predicted molar refractivity (Wildman–Crippen MR) is 44.5 cm³/mol. The molecule has 6 heteroatoms. The highest BCUT2D eigenvalue weighted by atomic mass is 19.1. The molecule has 0 heterocycles. The third kappa shape index (κ3) is 2.32. The number of halogens is 1. The molecule has 76 valence electrons. The lowest BCUT2D eigenvalue weighted by atomic mass is 10.2. The quantitative estimate of drug-likeness (QED) is 0.458. The van der Waals surface area contributed by atoms with Crippen molar-refractivity contribution in [3.8, 4) is 5.75 Å². The van der Waals surface area contributed by atoms with E-state index in [2.05, 4.69) is 5.28 Å². The molecule has 0 bridgehead atoms. The molecular formula is C8H9FN2O3. The summed E-state index contributed by atoms with van der Waals surface area (Å²) in [5.74, 6) is -0.455. The van der Waals surface area contributed by atoms with Crippen LogP contribution in [0.1, 0.15) is 5.56 Å². The summed E-state index contributed by atoms with van der Waals surface area (Å²) in [6.45, 7) is -0.211. The van der Waals surface area contributed by atoms with Gasteiger partial charge in [0.05, 0.1) is 7.11 Å². The van der Waals surface area contributed by atoms with Crippen LogP contribution in [-0.4, -0.2) is 17.2 Å². The molecule has 0 atom stereocenters. The Labute approximate surface area is 79.6 Å². The van der Waals surface area contributed by atoms with Crippen LogP contribution in [0.4, 0.5) is 4.39 Å². The van der Waals surface area contributed by atoms with Gasteiger partial charge in [0.25, 0.3) is 0 Å². The smallest absolute Gasteiger partial charge is 0.209 e. The molecule has 0 aliphatic rings. The van der Waals surface area contributed by atoms with Crippen molar-refractivity contribution in [1.29, 1.82) is 0 Å². The van der Waals surface area contributed by atoms with Gasteiger partial charge >= 0.3 is 0 Å². The van der Waals surface area contributed by atoms with E-state index in [-0.39, 0.29) is 17.2 Å². The van der Waals surface area contributed by atoms with Crippen LogP contribution in [0.3, 0.4) is 0 Å². The zero-order valence-corrected chi connectivity index (χ0v) is 7.48. The first-order valence-electron chi connectivity index (χ1n) is 3.79. The van der Waals surface area contributed by atoms with Gasteiger partial charge < -0.3 is 15.2 Å². The summed E-state index contributed by atoms with van der Waals surface area (Å²) >= 11 is 0. The number of rotatable bonds is 3. The van der Waals surface area contributed by atoms with Gasteiger partial charge in [-0.25, -0.2) is 4.39 Å². The molecule has 0 aromatic heterocycles. The van der Waals surface area contributed by atoms with Crippen molar-refractivity contribution in [3.05, 3.63) is 34.8 Å². The Morgan fingerprint density at radius 2 is 2.36 bits per heavy atom.